The van der Waals surface area contributed by atoms with Gasteiger partial charge in [-0.3, -0.25) is 4.98 Å². The fraction of sp³-hybridized carbons (Fsp3) is 0.0769. The van der Waals surface area contributed by atoms with Crippen LogP contribution in [0.2, 0.25) is 0 Å². The van der Waals surface area contributed by atoms with Crippen molar-refractivity contribution in [2.45, 2.75) is 6.54 Å². The molecule has 2 aromatic rings. The molecule has 0 saturated carbocycles. The number of nitrogens with one attached hydrogen (secondary N) is 2. The van der Waals surface area contributed by atoms with Gasteiger partial charge in [0.2, 0.25) is 0 Å². The van der Waals surface area contributed by atoms with Crippen LogP contribution in [0.3, 0.4) is 0 Å². The van der Waals surface area contributed by atoms with E-state index in [2.05, 4.69) is 31.5 Å². The maximum absolute atomic E-state index is 11.6. The van der Waals surface area contributed by atoms with Crippen LogP contribution in [0.5, 0.6) is 0 Å². The highest BCUT2D eigenvalue weighted by molar-refractivity contribution is 9.10. The van der Waals surface area contributed by atoms with Gasteiger partial charge < -0.3 is 10.6 Å². The largest absolute Gasteiger partial charge is 0.334 e. The molecule has 0 saturated heterocycles. The van der Waals surface area contributed by atoms with Crippen molar-refractivity contribution in [1.82, 2.24) is 10.3 Å². The van der Waals surface area contributed by atoms with Crippen molar-refractivity contribution in [1.29, 1.82) is 0 Å². The number of anilines is 1. The smallest absolute Gasteiger partial charge is 0.319 e. The van der Waals surface area contributed by atoms with Crippen molar-refractivity contribution in [3.63, 3.8) is 0 Å². The second-order valence-corrected chi connectivity index (χ2v) is 4.49. The van der Waals surface area contributed by atoms with Crippen LogP contribution in [0.25, 0.3) is 0 Å². The molecular weight excluding hydrogens is 294 g/mol. The second-order valence-electron chi connectivity index (χ2n) is 3.63. The number of rotatable bonds is 3. The lowest BCUT2D eigenvalue weighted by Crippen LogP contribution is -2.28. The van der Waals surface area contributed by atoms with Crippen molar-refractivity contribution >= 4 is 27.6 Å². The van der Waals surface area contributed by atoms with Crippen molar-refractivity contribution in [3.05, 3.63) is 58.8 Å². The molecule has 0 bridgehead atoms. The van der Waals surface area contributed by atoms with Crippen LogP contribution in [-0.2, 0) is 6.54 Å². The van der Waals surface area contributed by atoms with Crippen LogP contribution in [0.15, 0.2) is 53.3 Å². The Hall–Kier alpha value is -1.88. The van der Waals surface area contributed by atoms with E-state index in [0.29, 0.717) is 6.54 Å². The lowest BCUT2D eigenvalue weighted by Gasteiger charge is -2.08. The van der Waals surface area contributed by atoms with Crippen molar-refractivity contribution < 1.29 is 4.79 Å². The standard InChI is InChI=1S/C13H12BrN3O/c14-12-4-2-1-3-10(12)9-16-13(18)17-11-5-7-15-8-6-11/h1-8H,9H2,(H2,15,16,17,18). The molecule has 0 aliphatic carbocycles. The van der Waals surface area contributed by atoms with E-state index in [1.165, 1.54) is 0 Å². The Morgan fingerprint density at radius 1 is 1.17 bits per heavy atom. The van der Waals surface area contributed by atoms with Crippen molar-refractivity contribution in [3.8, 4) is 0 Å². The molecule has 0 aliphatic heterocycles. The summed E-state index contributed by atoms with van der Waals surface area (Å²) in [5.74, 6) is 0. The first-order valence-electron chi connectivity index (χ1n) is 5.44. The van der Waals surface area contributed by atoms with Gasteiger partial charge in [-0.05, 0) is 23.8 Å². The van der Waals surface area contributed by atoms with E-state index in [0.717, 1.165) is 15.7 Å². The first-order valence-corrected chi connectivity index (χ1v) is 6.23. The zero-order chi connectivity index (χ0) is 12.8. The molecule has 2 rings (SSSR count). The highest BCUT2D eigenvalue weighted by Crippen LogP contribution is 2.15. The fourth-order valence-electron chi connectivity index (χ4n) is 1.43. The summed E-state index contributed by atoms with van der Waals surface area (Å²) in [7, 11) is 0. The molecule has 2 amide bonds. The Morgan fingerprint density at radius 3 is 2.61 bits per heavy atom. The average Bonchev–Trinajstić information content (AvgIpc) is 2.39. The van der Waals surface area contributed by atoms with Gasteiger partial charge >= 0.3 is 6.03 Å². The van der Waals surface area contributed by atoms with Gasteiger partial charge in [0, 0.05) is 29.1 Å². The fourth-order valence-corrected chi connectivity index (χ4v) is 1.85. The predicted octanol–water partition coefficient (Wildman–Crippen LogP) is 3.17. The quantitative estimate of drug-likeness (QED) is 0.915. The molecule has 0 radical (unpaired) electrons. The first-order chi connectivity index (χ1) is 8.75. The maximum Gasteiger partial charge on any atom is 0.319 e. The number of carbonyl (C=O) groups excluding carboxylic acids is 1. The molecular formula is C13H12BrN3O. The SMILES string of the molecule is O=C(NCc1ccccc1Br)Nc1ccncc1. The van der Waals surface area contributed by atoms with Crippen molar-refractivity contribution in [2.24, 2.45) is 0 Å². The predicted molar refractivity (Wildman–Crippen MR) is 74.2 cm³/mol. The molecule has 1 heterocycles. The molecule has 18 heavy (non-hydrogen) atoms. The van der Waals surface area contributed by atoms with Gasteiger partial charge in [-0.1, -0.05) is 34.1 Å². The molecule has 0 unspecified atom stereocenters. The summed E-state index contributed by atoms with van der Waals surface area (Å²) in [5, 5.41) is 5.51. The maximum atomic E-state index is 11.6. The summed E-state index contributed by atoms with van der Waals surface area (Å²) >= 11 is 3.43. The number of urea groups is 1. The highest BCUT2D eigenvalue weighted by atomic mass is 79.9. The van der Waals surface area contributed by atoms with Crippen LogP contribution in [-0.4, -0.2) is 11.0 Å². The van der Waals surface area contributed by atoms with Gasteiger partial charge in [0.25, 0.3) is 0 Å². The minimum absolute atomic E-state index is 0.239. The zero-order valence-electron chi connectivity index (χ0n) is 9.56. The van der Waals surface area contributed by atoms with Crippen LogP contribution >= 0.6 is 15.9 Å². The van der Waals surface area contributed by atoms with Gasteiger partial charge in [-0.25, -0.2) is 4.79 Å². The number of nitrogens with zero attached hydrogens (tertiary/aromatic N) is 1. The van der Waals surface area contributed by atoms with E-state index in [4.69, 9.17) is 0 Å². The number of hydrogen-bond acceptors (Lipinski definition) is 2. The minimum Gasteiger partial charge on any atom is -0.334 e. The van der Waals surface area contributed by atoms with Gasteiger partial charge in [-0.2, -0.15) is 0 Å². The Kier molecular flexibility index (Phi) is 4.30. The third kappa shape index (κ3) is 3.56. The van der Waals surface area contributed by atoms with E-state index >= 15 is 0 Å². The number of carbonyl (C=O) groups is 1. The molecule has 0 atom stereocenters. The first kappa shape index (κ1) is 12.6. The summed E-state index contributed by atoms with van der Waals surface area (Å²) < 4.78 is 0.981. The number of amides is 2. The summed E-state index contributed by atoms with van der Waals surface area (Å²) in [6.07, 6.45) is 3.26. The summed E-state index contributed by atoms with van der Waals surface area (Å²) in [4.78, 5) is 15.5. The van der Waals surface area contributed by atoms with Crippen LogP contribution in [0.4, 0.5) is 10.5 Å². The minimum atomic E-state index is -0.239. The summed E-state index contributed by atoms with van der Waals surface area (Å²) in [5.41, 5.74) is 1.75. The van der Waals surface area contributed by atoms with E-state index in [9.17, 15) is 4.79 Å². The zero-order valence-corrected chi connectivity index (χ0v) is 11.1. The van der Waals surface area contributed by atoms with Crippen LogP contribution in [0.1, 0.15) is 5.56 Å². The Labute approximate surface area is 114 Å². The van der Waals surface area contributed by atoms with E-state index in [-0.39, 0.29) is 6.03 Å². The number of benzene rings is 1. The molecule has 2 N–H and O–H groups in total. The molecule has 0 spiro atoms. The normalized spacial score (nSPS) is 9.83. The number of halogens is 1. The van der Waals surface area contributed by atoms with Crippen molar-refractivity contribution in [2.75, 3.05) is 5.32 Å². The topological polar surface area (TPSA) is 54.0 Å². The third-order valence-electron chi connectivity index (χ3n) is 2.34. The lowest BCUT2D eigenvalue weighted by atomic mass is 10.2. The molecule has 5 heteroatoms. The van der Waals surface area contributed by atoms with E-state index < -0.39 is 0 Å². The Bertz CT molecular complexity index is 531. The van der Waals surface area contributed by atoms with Gasteiger partial charge in [-0.15, -0.1) is 0 Å². The van der Waals surface area contributed by atoms with E-state index in [1.807, 2.05) is 24.3 Å². The number of hydrogen-bond donors (Lipinski definition) is 2. The molecule has 1 aromatic heterocycles. The average molecular weight is 306 g/mol. The Balaban J connectivity index is 1.88. The van der Waals surface area contributed by atoms with Gasteiger partial charge in [0.1, 0.15) is 0 Å². The van der Waals surface area contributed by atoms with Gasteiger partial charge in [0.15, 0.2) is 0 Å². The number of pyridine rings is 1. The summed E-state index contributed by atoms with van der Waals surface area (Å²) in [6.45, 7) is 0.471. The number of aromatic nitrogens is 1. The van der Waals surface area contributed by atoms with Gasteiger partial charge in [0.05, 0.1) is 0 Å². The summed E-state index contributed by atoms with van der Waals surface area (Å²) in [6, 6.07) is 11.0. The molecule has 0 aliphatic rings. The highest BCUT2D eigenvalue weighted by Gasteiger charge is 2.03. The molecule has 0 fully saturated rings. The monoisotopic (exact) mass is 305 g/mol. The van der Waals surface area contributed by atoms with E-state index in [1.54, 1.807) is 24.5 Å². The third-order valence-corrected chi connectivity index (χ3v) is 3.11. The van der Waals surface area contributed by atoms with Crippen LogP contribution in [0, 0.1) is 0 Å². The molecule has 4 nitrogen and oxygen atoms in total. The molecule has 92 valence electrons. The lowest BCUT2D eigenvalue weighted by molar-refractivity contribution is 0.251. The Morgan fingerprint density at radius 2 is 1.89 bits per heavy atom. The van der Waals surface area contributed by atoms with Crippen LogP contribution < -0.4 is 10.6 Å². The molecule has 1 aromatic carbocycles. The second kappa shape index (κ2) is 6.16.